The predicted molar refractivity (Wildman–Crippen MR) is 148 cm³/mol. The summed E-state index contributed by atoms with van der Waals surface area (Å²) in [4.78, 5) is 19.8. The third-order valence-corrected chi connectivity index (χ3v) is 6.39. The summed E-state index contributed by atoms with van der Waals surface area (Å²) in [6.07, 6.45) is 8.18. The van der Waals surface area contributed by atoms with Gasteiger partial charge in [-0.3, -0.25) is 0 Å². The molecule has 0 atom stereocenters. The van der Waals surface area contributed by atoms with Crippen LogP contribution in [0.3, 0.4) is 0 Å². The smallest absolute Gasteiger partial charge is 0.657 e. The molecule has 2 aliphatic heterocycles. The molecule has 0 saturated carbocycles. The van der Waals surface area contributed by atoms with E-state index in [-0.39, 0.29) is 17.1 Å². The summed E-state index contributed by atoms with van der Waals surface area (Å²) >= 11 is 0. The van der Waals surface area contributed by atoms with Gasteiger partial charge in [0.15, 0.2) is 0 Å². The molecular weight excluding hydrogens is 496 g/mol. The van der Waals surface area contributed by atoms with Gasteiger partial charge in [-0.2, -0.15) is 0 Å². The molecule has 0 amide bonds. The van der Waals surface area contributed by atoms with E-state index in [4.69, 9.17) is 19.9 Å². The molecule has 2 aliphatic rings. The molecule has 0 radical (unpaired) electrons. The average molecular weight is 516 g/mol. The Balaban J connectivity index is 0.00000252. The Morgan fingerprint density at radius 1 is 0.459 bits per heavy atom. The summed E-state index contributed by atoms with van der Waals surface area (Å²) < 4.78 is 0. The van der Waals surface area contributed by atoms with Crippen LogP contribution in [-0.2, 0) is 17.1 Å². The molecule has 5 heterocycles. The normalized spacial score (nSPS) is 11.9. The molecule has 7 rings (SSSR count). The van der Waals surface area contributed by atoms with E-state index in [2.05, 4.69) is 48.6 Å². The molecule has 0 aliphatic carbocycles. The molecule has 5 heteroatoms. The summed E-state index contributed by atoms with van der Waals surface area (Å²) in [5.74, 6) is 0. The van der Waals surface area contributed by atoms with Gasteiger partial charge in [-0.15, -0.1) is 22.1 Å². The molecule has 0 spiro atoms. The first-order valence-corrected chi connectivity index (χ1v) is 11.9. The van der Waals surface area contributed by atoms with Gasteiger partial charge >= 0.3 is 17.1 Å². The van der Waals surface area contributed by atoms with Crippen LogP contribution < -0.4 is 9.97 Å². The fourth-order valence-electron chi connectivity index (χ4n) is 4.76. The molecule has 0 saturated heterocycles. The van der Waals surface area contributed by atoms with Crippen molar-refractivity contribution in [2.75, 3.05) is 0 Å². The van der Waals surface area contributed by atoms with Gasteiger partial charge in [0.2, 0.25) is 0 Å². The van der Waals surface area contributed by atoms with Gasteiger partial charge in [0.05, 0.1) is 22.8 Å². The summed E-state index contributed by atoms with van der Waals surface area (Å²) in [7, 11) is 0. The molecule has 4 nitrogen and oxygen atoms in total. The molecule has 8 bridgehead atoms. The minimum Gasteiger partial charge on any atom is -0.657 e. The quantitative estimate of drug-likeness (QED) is 0.227. The standard InChI is InChI=1S/C32H20N4.Fe/c1-3-7-21(8-4-1)31-27-15-11-23(33-27)19-25-13-17-29(35-25)32(22-9-5-2-6-10-22)30-18-14-26(36-30)20-24-12-16-28(31)34-24;/h1-20H;/q-2;+2. The van der Waals surface area contributed by atoms with Crippen LogP contribution in [0.4, 0.5) is 0 Å². The zero-order chi connectivity index (χ0) is 23.9. The van der Waals surface area contributed by atoms with Crippen molar-refractivity contribution in [3.63, 3.8) is 0 Å². The first-order valence-electron chi connectivity index (χ1n) is 11.9. The number of benzene rings is 2. The fourth-order valence-corrected chi connectivity index (χ4v) is 4.76. The Kier molecular flexibility index (Phi) is 5.93. The van der Waals surface area contributed by atoms with Crippen molar-refractivity contribution >= 4 is 46.4 Å². The van der Waals surface area contributed by atoms with Gasteiger partial charge < -0.3 is 9.97 Å². The largest absolute Gasteiger partial charge is 2.00 e. The van der Waals surface area contributed by atoms with Crippen LogP contribution in [0.2, 0.25) is 0 Å². The second-order valence-corrected chi connectivity index (χ2v) is 8.79. The van der Waals surface area contributed by atoms with E-state index in [0.717, 1.165) is 67.1 Å². The number of rotatable bonds is 2. The van der Waals surface area contributed by atoms with Crippen molar-refractivity contribution in [3.05, 3.63) is 120 Å². The molecule has 5 aromatic rings. The van der Waals surface area contributed by atoms with Gasteiger partial charge in [0.1, 0.15) is 0 Å². The van der Waals surface area contributed by atoms with Crippen molar-refractivity contribution in [1.82, 2.24) is 19.9 Å². The van der Waals surface area contributed by atoms with Crippen LogP contribution in [0.25, 0.3) is 68.6 Å². The van der Waals surface area contributed by atoms with Gasteiger partial charge in [0.25, 0.3) is 0 Å². The number of hydrogen-bond acceptors (Lipinski definition) is 2. The van der Waals surface area contributed by atoms with E-state index in [1.807, 2.05) is 72.8 Å². The van der Waals surface area contributed by atoms with Crippen LogP contribution in [-0.4, -0.2) is 9.97 Å². The van der Waals surface area contributed by atoms with E-state index in [1.165, 1.54) is 0 Å². The summed E-state index contributed by atoms with van der Waals surface area (Å²) in [6, 6.07) is 32.8. The van der Waals surface area contributed by atoms with E-state index in [1.54, 1.807) is 0 Å². The van der Waals surface area contributed by atoms with Gasteiger partial charge in [-0.05, 0) is 46.6 Å². The molecule has 176 valence electrons. The first kappa shape index (κ1) is 23.0. The van der Waals surface area contributed by atoms with E-state index in [0.29, 0.717) is 0 Å². The first-order chi connectivity index (χ1) is 17.8. The fraction of sp³-hybridized carbons (Fsp3) is 0. The Bertz CT molecular complexity index is 1690. The molecule has 2 aromatic carbocycles. The van der Waals surface area contributed by atoms with Gasteiger partial charge in [0, 0.05) is 0 Å². The molecule has 0 unspecified atom stereocenters. The van der Waals surface area contributed by atoms with Crippen LogP contribution in [0.5, 0.6) is 0 Å². The van der Waals surface area contributed by atoms with Gasteiger partial charge in [-0.25, -0.2) is 9.97 Å². The average Bonchev–Trinajstić information content (AvgIpc) is 3.72. The summed E-state index contributed by atoms with van der Waals surface area (Å²) in [5, 5.41) is 0. The number of fused-ring (bicyclic) bond motifs is 8. The van der Waals surface area contributed by atoms with Crippen LogP contribution in [0.15, 0.2) is 97.1 Å². The van der Waals surface area contributed by atoms with Crippen LogP contribution in [0.1, 0.15) is 22.8 Å². The maximum Gasteiger partial charge on any atom is 2.00 e. The molecule has 0 fully saturated rings. The molecule has 3 aromatic heterocycles. The van der Waals surface area contributed by atoms with Crippen molar-refractivity contribution in [2.45, 2.75) is 0 Å². The second-order valence-electron chi connectivity index (χ2n) is 8.79. The van der Waals surface area contributed by atoms with E-state index in [9.17, 15) is 0 Å². The Morgan fingerprint density at radius 3 is 1.32 bits per heavy atom. The minimum atomic E-state index is 0. The zero-order valence-corrected chi connectivity index (χ0v) is 20.8. The van der Waals surface area contributed by atoms with E-state index >= 15 is 0 Å². The monoisotopic (exact) mass is 516 g/mol. The van der Waals surface area contributed by atoms with Crippen LogP contribution in [0, 0.1) is 0 Å². The third-order valence-electron chi connectivity index (χ3n) is 6.39. The Morgan fingerprint density at radius 2 is 0.892 bits per heavy atom. The molecular formula is C32H20FeN4. The summed E-state index contributed by atoms with van der Waals surface area (Å²) in [6.45, 7) is 0. The van der Waals surface area contributed by atoms with E-state index < -0.39 is 0 Å². The van der Waals surface area contributed by atoms with Crippen LogP contribution >= 0.6 is 0 Å². The third kappa shape index (κ3) is 4.36. The predicted octanol–water partition coefficient (Wildman–Crippen LogP) is 7.25. The second kappa shape index (κ2) is 9.55. The molecule has 0 N–H and O–H groups in total. The summed E-state index contributed by atoms with van der Waals surface area (Å²) in [5.41, 5.74) is 11.2. The van der Waals surface area contributed by atoms with Crippen molar-refractivity contribution in [2.24, 2.45) is 0 Å². The van der Waals surface area contributed by atoms with Gasteiger partial charge in [-0.1, -0.05) is 97.1 Å². The number of nitrogens with zero attached hydrogens (tertiary/aromatic N) is 4. The Labute approximate surface area is 225 Å². The SMILES string of the molecule is C1=Cc2nc1cc1ccc([n-]1)c(-c1ccccc1)c1nc(cc3ccc([n-]3)c2-c2ccccc2)C=C1.[Fe+2]. The Hall–Kier alpha value is -4.44. The molecule has 37 heavy (non-hydrogen) atoms. The number of aromatic nitrogens is 4. The van der Waals surface area contributed by atoms with Crippen molar-refractivity contribution in [1.29, 1.82) is 0 Å². The van der Waals surface area contributed by atoms with Crippen molar-refractivity contribution in [3.8, 4) is 22.3 Å². The topological polar surface area (TPSA) is 54.0 Å². The number of hydrogen-bond donors (Lipinski definition) is 0. The maximum absolute atomic E-state index is 4.95. The maximum atomic E-state index is 4.95. The van der Waals surface area contributed by atoms with Crippen molar-refractivity contribution < 1.29 is 17.1 Å². The minimum absolute atomic E-state index is 0. The zero-order valence-electron chi connectivity index (χ0n) is 19.7.